The third-order valence-corrected chi connectivity index (χ3v) is 5.45. The van der Waals surface area contributed by atoms with E-state index < -0.39 is 17.3 Å². The van der Waals surface area contributed by atoms with Crippen LogP contribution in [0, 0.1) is 5.92 Å². The van der Waals surface area contributed by atoms with E-state index in [2.05, 4.69) is 10.4 Å². The Labute approximate surface area is 172 Å². The number of carbonyl (C=O) groups is 1. The van der Waals surface area contributed by atoms with Crippen LogP contribution >= 0.6 is 0 Å². The number of ether oxygens (including phenoxy) is 1. The van der Waals surface area contributed by atoms with Crippen molar-refractivity contribution in [3.8, 4) is 0 Å². The molecule has 1 aromatic heterocycles. The molecule has 1 amide bonds. The summed E-state index contributed by atoms with van der Waals surface area (Å²) in [6.07, 6.45) is 5.15. The molecule has 0 saturated heterocycles. The number of aromatic nitrogens is 2. The Bertz CT molecular complexity index is 869. The van der Waals surface area contributed by atoms with Crippen LogP contribution in [0.1, 0.15) is 71.9 Å². The van der Waals surface area contributed by atoms with Gasteiger partial charge in [0.1, 0.15) is 5.60 Å². The van der Waals surface area contributed by atoms with E-state index in [9.17, 15) is 15.0 Å². The molecule has 3 N–H and O–H groups in total. The summed E-state index contributed by atoms with van der Waals surface area (Å²) in [6, 6.07) is 4.03. The molecule has 2 aromatic rings. The standard InChI is InChI=1S/C22H33N3O4/c1-21(2,3)29-20(27)24-18-10-15-12-23-25(16-8-6-14(13-26)7-9-16)19(15)11-17(18)22(4,5)28/h10-12,14,16,26,28H,6-9,13H2,1-5H3,(H,24,27). The van der Waals surface area contributed by atoms with Gasteiger partial charge in [0, 0.05) is 17.6 Å². The van der Waals surface area contributed by atoms with E-state index in [1.165, 1.54) is 0 Å². The summed E-state index contributed by atoms with van der Waals surface area (Å²) in [5, 5.41) is 28.4. The number of aliphatic hydroxyl groups is 2. The van der Waals surface area contributed by atoms with Gasteiger partial charge in [-0.1, -0.05) is 0 Å². The largest absolute Gasteiger partial charge is 0.444 e. The lowest BCUT2D eigenvalue weighted by atomic mass is 9.86. The lowest BCUT2D eigenvalue weighted by Gasteiger charge is -2.28. The molecule has 0 bridgehead atoms. The summed E-state index contributed by atoms with van der Waals surface area (Å²) in [4.78, 5) is 12.3. The highest BCUT2D eigenvalue weighted by Gasteiger charge is 2.27. The fourth-order valence-electron chi connectivity index (χ4n) is 3.98. The van der Waals surface area contributed by atoms with Gasteiger partial charge >= 0.3 is 6.09 Å². The van der Waals surface area contributed by atoms with Crippen LogP contribution in [0.5, 0.6) is 0 Å². The van der Waals surface area contributed by atoms with Crippen LogP contribution in [0.4, 0.5) is 10.5 Å². The first-order chi connectivity index (χ1) is 13.5. The zero-order valence-electron chi connectivity index (χ0n) is 18.0. The number of nitrogens with zero attached hydrogens (tertiary/aromatic N) is 2. The number of rotatable bonds is 4. The molecule has 0 aliphatic heterocycles. The van der Waals surface area contributed by atoms with Crippen LogP contribution in [0.2, 0.25) is 0 Å². The maximum Gasteiger partial charge on any atom is 0.412 e. The predicted octanol–water partition coefficient (Wildman–Crippen LogP) is 4.33. The normalized spacial score (nSPS) is 20.7. The molecular weight excluding hydrogens is 370 g/mol. The summed E-state index contributed by atoms with van der Waals surface area (Å²) < 4.78 is 7.39. The fraction of sp³-hybridized carbons (Fsp3) is 0.636. The van der Waals surface area contributed by atoms with Crippen molar-refractivity contribution in [1.29, 1.82) is 0 Å². The molecule has 1 aliphatic rings. The van der Waals surface area contributed by atoms with Crippen molar-refractivity contribution < 1.29 is 19.7 Å². The van der Waals surface area contributed by atoms with Crippen molar-refractivity contribution in [1.82, 2.24) is 9.78 Å². The average Bonchev–Trinajstić information content (AvgIpc) is 3.01. The molecule has 29 heavy (non-hydrogen) atoms. The van der Waals surface area contributed by atoms with E-state index in [1.54, 1.807) is 20.0 Å². The van der Waals surface area contributed by atoms with Crippen molar-refractivity contribution >= 4 is 22.7 Å². The minimum absolute atomic E-state index is 0.245. The fourth-order valence-corrected chi connectivity index (χ4v) is 3.98. The zero-order valence-corrected chi connectivity index (χ0v) is 18.0. The molecule has 0 spiro atoms. The van der Waals surface area contributed by atoms with Crippen molar-refractivity contribution in [2.45, 2.75) is 77.5 Å². The SMILES string of the molecule is CC(C)(C)OC(=O)Nc1cc2cnn(C3CCC(CO)CC3)c2cc1C(C)(C)O. The number of hydrogen-bond donors (Lipinski definition) is 3. The Kier molecular flexibility index (Phi) is 5.92. The van der Waals surface area contributed by atoms with E-state index in [4.69, 9.17) is 4.74 Å². The van der Waals surface area contributed by atoms with Crippen LogP contribution in [0.15, 0.2) is 18.3 Å². The van der Waals surface area contributed by atoms with Crippen molar-refractivity contribution in [3.05, 3.63) is 23.9 Å². The Hall–Kier alpha value is -2.12. The Morgan fingerprint density at radius 1 is 1.21 bits per heavy atom. The molecule has 1 aromatic carbocycles. The average molecular weight is 404 g/mol. The first kappa shape index (κ1) is 21.6. The van der Waals surface area contributed by atoms with Crippen LogP contribution in [0.3, 0.4) is 0 Å². The molecule has 1 aliphatic carbocycles. The molecule has 0 unspecified atom stereocenters. The van der Waals surface area contributed by atoms with Gasteiger partial charge in [0.15, 0.2) is 0 Å². The minimum Gasteiger partial charge on any atom is -0.444 e. The van der Waals surface area contributed by atoms with Crippen molar-refractivity contribution in [2.75, 3.05) is 11.9 Å². The molecule has 1 fully saturated rings. The molecule has 7 heteroatoms. The Balaban J connectivity index is 1.94. The van der Waals surface area contributed by atoms with Gasteiger partial charge in [0.25, 0.3) is 0 Å². The van der Waals surface area contributed by atoms with Crippen LogP contribution < -0.4 is 5.32 Å². The highest BCUT2D eigenvalue weighted by Crippen LogP contribution is 2.37. The van der Waals surface area contributed by atoms with Gasteiger partial charge in [-0.3, -0.25) is 10.00 Å². The van der Waals surface area contributed by atoms with E-state index in [0.717, 1.165) is 36.6 Å². The maximum absolute atomic E-state index is 12.3. The molecule has 3 rings (SSSR count). The van der Waals surface area contributed by atoms with Gasteiger partial charge in [-0.05, 0) is 78.4 Å². The second kappa shape index (κ2) is 7.95. The number of amides is 1. The van der Waals surface area contributed by atoms with E-state index >= 15 is 0 Å². The molecule has 1 heterocycles. The lowest BCUT2D eigenvalue weighted by molar-refractivity contribution is 0.0632. The molecule has 160 valence electrons. The van der Waals surface area contributed by atoms with Crippen LogP contribution in [0.25, 0.3) is 10.9 Å². The number of hydrogen-bond acceptors (Lipinski definition) is 5. The van der Waals surface area contributed by atoms with Gasteiger partial charge < -0.3 is 14.9 Å². The third-order valence-electron chi connectivity index (χ3n) is 5.45. The van der Waals surface area contributed by atoms with Crippen molar-refractivity contribution in [3.63, 3.8) is 0 Å². The first-order valence-corrected chi connectivity index (χ1v) is 10.3. The maximum atomic E-state index is 12.3. The second-order valence-electron chi connectivity index (χ2n) is 9.59. The van der Waals surface area contributed by atoms with Gasteiger partial charge in [0.05, 0.1) is 29.0 Å². The number of aliphatic hydroxyl groups excluding tert-OH is 1. The third kappa shape index (κ3) is 5.08. The summed E-state index contributed by atoms with van der Waals surface area (Å²) in [6.45, 7) is 9.06. The highest BCUT2D eigenvalue weighted by atomic mass is 16.6. The van der Waals surface area contributed by atoms with Gasteiger partial charge in [0.2, 0.25) is 0 Å². The van der Waals surface area contributed by atoms with Gasteiger partial charge in [-0.25, -0.2) is 4.79 Å². The van der Waals surface area contributed by atoms with Crippen LogP contribution in [-0.2, 0) is 10.3 Å². The smallest absolute Gasteiger partial charge is 0.412 e. The lowest BCUT2D eigenvalue weighted by Crippen LogP contribution is -2.28. The molecular formula is C22H33N3O4. The number of benzene rings is 1. The molecule has 0 radical (unpaired) electrons. The van der Waals surface area contributed by atoms with E-state index in [0.29, 0.717) is 17.2 Å². The second-order valence-corrected chi connectivity index (χ2v) is 9.59. The van der Waals surface area contributed by atoms with Gasteiger partial charge in [-0.15, -0.1) is 0 Å². The van der Waals surface area contributed by atoms with Crippen molar-refractivity contribution in [2.24, 2.45) is 5.92 Å². The summed E-state index contributed by atoms with van der Waals surface area (Å²) in [5.74, 6) is 0.379. The molecule has 1 saturated carbocycles. The summed E-state index contributed by atoms with van der Waals surface area (Å²) >= 11 is 0. The quantitative estimate of drug-likeness (QED) is 0.706. The van der Waals surface area contributed by atoms with E-state index in [-0.39, 0.29) is 12.6 Å². The summed E-state index contributed by atoms with van der Waals surface area (Å²) in [7, 11) is 0. The van der Waals surface area contributed by atoms with Gasteiger partial charge in [-0.2, -0.15) is 5.10 Å². The monoisotopic (exact) mass is 403 g/mol. The predicted molar refractivity (Wildman–Crippen MR) is 113 cm³/mol. The molecule has 7 nitrogen and oxygen atoms in total. The topological polar surface area (TPSA) is 96.6 Å². The molecule has 0 atom stereocenters. The van der Waals surface area contributed by atoms with Crippen LogP contribution in [-0.4, -0.2) is 38.3 Å². The Morgan fingerprint density at radius 2 is 1.86 bits per heavy atom. The number of fused-ring (bicyclic) bond motifs is 1. The highest BCUT2D eigenvalue weighted by molar-refractivity contribution is 5.92. The number of carbonyl (C=O) groups excluding carboxylic acids is 1. The summed E-state index contributed by atoms with van der Waals surface area (Å²) in [5.41, 5.74) is 0.303. The first-order valence-electron chi connectivity index (χ1n) is 10.3. The van der Waals surface area contributed by atoms with E-state index in [1.807, 2.05) is 37.6 Å². The number of anilines is 1. The number of nitrogens with one attached hydrogen (secondary N) is 1. The Morgan fingerprint density at radius 3 is 2.41 bits per heavy atom. The minimum atomic E-state index is -1.15. The zero-order chi connectivity index (χ0) is 21.4.